The van der Waals surface area contributed by atoms with Gasteiger partial charge in [-0.1, -0.05) is 6.07 Å². The lowest BCUT2D eigenvalue weighted by molar-refractivity contribution is 0.142. The Balaban J connectivity index is 2.16. The molecule has 1 N–H and O–H groups in total. The average molecular weight is 348 g/mol. The number of benzene rings is 1. The summed E-state index contributed by atoms with van der Waals surface area (Å²) >= 11 is 0. The summed E-state index contributed by atoms with van der Waals surface area (Å²) < 4.78 is 57.9. The van der Waals surface area contributed by atoms with Crippen molar-refractivity contribution in [3.8, 4) is 0 Å². The van der Waals surface area contributed by atoms with Gasteiger partial charge < -0.3 is 10.1 Å². The van der Waals surface area contributed by atoms with Crippen LogP contribution < -0.4 is 5.32 Å². The molecule has 0 aliphatic carbocycles. The number of carbonyl (C=O) groups excluding carboxylic acids is 1. The number of carbonyl (C=O) groups is 1. The summed E-state index contributed by atoms with van der Waals surface area (Å²) in [5.74, 6) is -2.61. The number of sulfonamides is 1. The first kappa shape index (κ1) is 17.6. The van der Waals surface area contributed by atoms with Crippen LogP contribution >= 0.6 is 0 Å². The second-order valence-corrected chi connectivity index (χ2v) is 7.03. The zero-order chi connectivity index (χ0) is 17.0. The quantitative estimate of drug-likeness (QED) is 0.901. The van der Waals surface area contributed by atoms with Crippen LogP contribution in [0.3, 0.4) is 0 Å². The molecule has 0 bridgehead atoms. The van der Waals surface area contributed by atoms with Crippen LogP contribution in [0.15, 0.2) is 23.1 Å². The Morgan fingerprint density at radius 1 is 1.43 bits per heavy atom. The molecule has 1 amide bonds. The Bertz CT molecular complexity index is 681. The fourth-order valence-corrected chi connectivity index (χ4v) is 4.04. The van der Waals surface area contributed by atoms with E-state index in [1.54, 1.807) is 6.92 Å². The largest absolute Gasteiger partial charge is 0.450 e. The maximum absolute atomic E-state index is 13.8. The maximum atomic E-state index is 13.8. The minimum atomic E-state index is -4.17. The third kappa shape index (κ3) is 3.97. The van der Waals surface area contributed by atoms with E-state index in [0.717, 1.165) is 22.5 Å². The van der Waals surface area contributed by atoms with Gasteiger partial charge in [0.05, 0.1) is 6.61 Å². The van der Waals surface area contributed by atoms with E-state index in [9.17, 15) is 22.0 Å². The minimum Gasteiger partial charge on any atom is -0.450 e. The predicted octanol–water partition coefficient (Wildman–Crippen LogP) is 1.86. The first-order chi connectivity index (χ1) is 10.9. The van der Waals surface area contributed by atoms with Gasteiger partial charge in [-0.15, -0.1) is 0 Å². The molecule has 0 saturated carbocycles. The average Bonchev–Trinajstić information content (AvgIpc) is 2.50. The van der Waals surface area contributed by atoms with Gasteiger partial charge in [-0.25, -0.2) is 22.0 Å². The highest BCUT2D eigenvalue weighted by atomic mass is 32.2. The number of hydrogen-bond donors (Lipinski definition) is 1. The van der Waals surface area contributed by atoms with Gasteiger partial charge in [0.1, 0.15) is 4.90 Å². The van der Waals surface area contributed by atoms with Gasteiger partial charge in [-0.2, -0.15) is 4.31 Å². The van der Waals surface area contributed by atoms with Crippen LogP contribution in [0.5, 0.6) is 0 Å². The molecule has 1 aliphatic heterocycles. The molecule has 1 saturated heterocycles. The number of piperidine rings is 1. The van der Waals surface area contributed by atoms with Crippen LogP contribution in [-0.2, 0) is 14.8 Å². The van der Waals surface area contributed by atoms with E-state index in [0.29, 0.717) is 12.8 Å². The SMILES string of the molecule is CCOC(=O)NC1CCCN(S(=O)(=O)c2cccc(F)c2F)C1. The Hall–Kier alpha value is -1.74. The maximum Gasteiger partial charge on any atom is 0.407 e. The van der Waals surface area contributed by atoms with Gasteiger partial charge in [-0.05, 0) is 31.9 Å². The summed E-state index contributed by atoms with van der Waals surface area (Å²) in [7, 11) is -4.17. The molecular formula is C14H18F2N2O4S. The first-order valence-corrected chi connectivity index (χ1v) is 8.67. The van der Waals surface area contributed by atoms with E-state index >= 15 is 0 Å². The molecule has 1 aliphatic rings. The summed E-state index contributed by atoms with van der Waals surface area (Å²) in [5.41, 5.74) is 0. The molecule has 1 heterocycles. The molecule has 0 aromatic heterocycles. The van der Waals surface area contributed by atoms with E-state index in [-0.39, 0.29) is 19.7 Å². The standard InChI is InChI=1S/C14H18F2N2O4S/c1-2-22-14(19)17-10-5-4-8-18(9-10)23(20,21)12-7-3-6-11(15)13(12)16/h3,6-7,10H,2,4-5,8-9H2,1H3,(H,17,19). The highest BCUT2D eigenvalue weighted by molar-refractivity contribution is 7.89. The zero-order valence-electron chi connectivity index (χ0n) is 12.6. The predicted molar refractivity (Wildman–Crippen MR) is 78.3 cm³/mol. The fraction of sp³-hybridized carbons (Fsp3) is 0.500. The van der Waals surface area contributed by atoms with Crippen LogP contribution in [-0.4, -0.2) is 44.6 Å². The van der Waals surface area contributed by atoms with Crippen molar-refractivity contribution in [1.82, 2.24) is 9.62 Å². The lowest BCUT2D eigenvalue weighted by atomic mass is 10.1. The molecule has 2 rings (SSSR count). The summed E-state index contributed by atoms with van der Waals surface area (Å²) in [6.45, 7) is 2.02. The Kier molecular flexibility index (Phi) is 5.53. The summed E-state index contributed by atoms with van der Waals surface area (Å²) in [4.78, 5) is 10.7. The van der Waals surface area contributed by atoms with Crippen LogP contribution in [0.2, 0.25) is 0 Å². The van der Waals surface area contributed by atoms with Crippen molar-refractivity contribution in [1.29, 1.82) is 0 Å². The van der Waals surface area contributed by atoms with E-state index in [4.69, 9.17) is 4.74 Å². The van der Waals surface area contributed by atoms with Gasteiger partial charge in [0.2, 0.25) is 10.0 Å². The molecule has 0 radical (unpaired) electrons. The van der Waals surface area contributed by atoms with Crippen LogP contribution in [0, 0.1) is 11.6 Å². The second kappa shape index (κ2) is 7.22. The van der Waals surface area contributed by atoms with Crippen LogP contribution in [0.25, 0.3) is 0 Å². The normalized spacial score (nSPS) is 19.3. The summed E-state index contributed by atoms with van der Waals surface area (Å²) in [6.07, 6.45) is 0.442. The monoisotopic (exact) mass is 348 g/mol. The third-order valence-electron chi connectivity index (χ3n) is 3.52. The van der Waals surface area contributed by atoms with Gasteiger partial charge in [0, 0.05) is 19.1 Å². The molecule has 1 aromatic rings. The molecule has 0 spiro atoms. The van der Waals surface area contributed by atoms with Crippen molar-refractivity contribution < 1.29 is 26.7 Å². The number of amides is 1. The van der Waals surface area contributed by atoms with Crippen LogP contribution in [0.4, 0.5) is 13.6 Å². The summed E-state index contributed by atoms with van der Waals surface area (Å²) in [5, 5.41) is 2.56. The molecule has 6 nitrogen and oxygen atoms in total. The number of ether oxygens (including phenoxy) is 1. The number of nitrogens with zero attached hydrogens (tertiary/aromatic N) is 1. The number of hydrogen-bond acceptors (Lipinski definition) is 4. The van der Waals surface area contributed by atoms with Crippen LogP contribution in [0.1, 0.15) is 19.8 Å². The zero-order valence-corrected chi connectivity index (χ0v) is 13.4. The minimum absolute atomic E-state index is 0.0168. The number of rotatable bonds is 4. The van der Waals surface area contributed by atoms with Gasteiger partial charge in [0.25, 0.3) is 0 Å². The van der Waals surface area contributed by atoms with Crippen molar-refractivity contribution in [3.05, 3.63) is 29.8 Å². The Labute approximate surface area is 133 Å². The van der Waals surface area contributed by atoms with Crippen molar-refractivity contribution in [2.45, 2.75) is 30.7 Å². The van der Waals surface area contributed by atoms with E-state index in [1.807, 2.05) is 0 Å². The van der Waals surface area contributed by atoms with E-state index in [2.05, 4.69) is 5.32 Å². The number of nitrogens with one attached hydrogen (secondary N) is 1. The van der Waals surface area contributed by atoms with E-state index in [1.165, 1.54) is 0 Å². The number of alkyl carbamates (subject to hydrolysis) is 1. The van der Waals surface area contributed by atoms with Crippen molar-refractivity contribution >= 4 is 16.1 Å². The first-order valence-electron chi connectivity index (χ1n) is 7.23. The highest BCUT2D eigenvalue weighted by Crippen LogP contribution is 2.24. The number of halogens is 2. The lowest BCUT2D eigenvalue weighted by Gasteiger charge is -2.32. The van der Waals surface area contributed by atoms with Crippen molar-refractivity contribution in [2.24, 2.45) is 0 Å². The lowest BCUT2D eigenvalue weighted by Crippen LogP contribution is -2.49. The van der Waals surface area contributed by atoms with Crippen molar-refractivity contribution in [3.63, 3.8) is 0 Å². The molecule has 1 aromatic carbocycles. The molecule has 1 fully saturated rings. The fourth-order valence-electron chi connectivity index (χ4n) is 2.44. The Morgan fingerprint density at radius 2 is 2.17 bits per heavy atom. The van der Waals surface area contributed by atoms with E-state index < -0.39 is 38.7 Å². The molecule has 128 valence electrons. The van der Waals surface area contributed by atoms with Crippen molar-refractivity contribution in [2.75, 3.05) is 19.7 Å². The molecule has 9 heteroatoms. The molecular weight excluding hydrogens is 330 g/mol. The molecule has 1 atom stereocenters. The molecule has 1 unspecified atom stereocenters. The third-order valence-corrected chi connectivity index (χ3v) is 5.40. The summed E-state index contributed by atoms with van der Waals surface area (Å²) in [6, 6.07) is 2.59. The topological polar surface area (TPSA) is 75.7 Å². The van der Waals surface area contributed by atoms with Gasteiger partial charge in [0.15, 0.2) is 11.6 Å². The second-order valence-electron chi connectivity index (χ2n) is 5.12. The molecule has 23 heavy (non-hydrogen) atoms. The Morgan fingerprint density at radius 3 is 2.87 bits per heavy atom. The highest BCUT2D eigenvalue weighted by Gasteiger charge is 2.33. The van der Waals surface area contributed by atoms with Gasteiger partial charge >= 0.3 is 6.09 Å². The van der Waals surface area contributed by atoms with Gasteiger partial charge in [-0.3, -0.25) is 0 Å². The smallest absolute Gasteiger partial charge is 0.407 e.